The van der Waals surface area contributed by atoms with Crippen LogP contribution in [0.25, 0.3) is 0 Å². The summed E-state index contributed by atoms with van der Waals surface area (Å²) in [5.74, 6) is -2.71. The first-order chi connectivity index (χ1) is 16.1. The van der Waals surface area contributed by atoms with Gasteiger partial charge in [0.05, 0.1) is 30.3 Å². The van der Waals surface area contributed by atoms with E-state index in [-0.39, 0.29) is 35.7 Å². The highest BCUT2D eigenvalue weighted by molar-refractivity contribution is 6.00. The Bertz CT molecular complexity index is 897. The molecule has 0 saturated carbocycles. The van der Waals surface area contributed by atoms with Crippen LogP contribution in [0, 0.1) is 0 Å². The van der Waals surface area contributed by atoms with E-state index in [9.17, 15) is 18.4 Å². The van der Waals surface area contributed by atoms with E-state index in [0.717, 1.165) is 0 Å². The predicted octanol–water partition coefficient (Wildman–Crippen LogP) is 3.68. The molecule has 188 valence electrons. The quantitative estimate of drug-likeness (QED) is 0.477. The molecule has 2 atom stereocenters. The van der Waals surface area contributed by atoms with Crippen molar-refractivity contribution < 1.29 is 42.1 Å². The summed E-state index contributed by atoms with van der Waals surface area (Å²) in [6.45, 7) is 3.78. The van der Waals surface area contributed by atoms with Crippen molar-refractivity contribution in [3.8, 4) is 5.75 Å². The highest BCUT2D eigenvalue weighted by atomic mass is 19.3. The van der Waals surface area contributed by atoms with Crippen molar-refractivity contribution in [3.63, 3.8) is 0 Å². The van der Waals surface area contributed by atoms with Crippen LogP contribution in [0.2, 0.25) is 0 Å². The fourth-order valence-corrected chi connectivity index (χ4v) is 3.80. The average Bonchev–Trinajstić information content (AvgIpc) is 2.73. The molecule has 0 fully saturated rings. The molecule has 34 heavy (non-hydrogen) atoms. The van der Waals surface area contributed by atoms with Crippen molar-refractivity contribution in [2.45, 2.75) is 52.4 Å². The molecule has 1 heterocycles. The maximum Gasteiger partial charge on any atom is 0.387 e. The molecule has 10 heteroatoms. The van der Waals surface area contributed by atoms with Crippen molar-refractivity contribution in [3.05, 3.63) is 52.4 Å². The molecule has 0 aliphatic carbocycles. The third-order valence-corrected chi connectivity index (χ3v) is 5.07. The highest BCUT2D eigenvalue weighted by Crippen LogP contribution is 2.43. The van der Waals surface area contributed by atoms with Crippen molar-refractivity contribution in [1.82, 2.24) is 5.32 Å². The number of benzene rings is 1. The number of methoxy groups -OCH3 is 2. The van der Waals surface area contributed by atoms with Gasteiger partial charge in [-0.3, -0.25) is 0 Å². The van der Waals surface area contributed by atoms with E-state index in [1.807, 2.05) is 0 Å². The number of hydrogen-bond donors (Lipinski definition) is 1. The number of dihydropyridines is 1. The topological polar surface area (TPSA) is 92.3 Å². The third-order valence-electron chi connectivity index (χ3n) is 5.07. The number of rotatable bonds is 11. The smallest absolute Gasteiger partial charge is 0.387 e. The van der Waals surface area contributed by atoms with Gasteiger partial charge in [0.2, 0.25) is 0 Å². The second kappa shape index (κ2) is 12.5. The van der Waals surface area contributed by atoms with Crippen LogP contribution in [-0.2, 0) is 28.5 Å². The molecule has 0 spiro atoms. The van der Waals surface area contributed by atoms with Gasteiger partial charge < -0.3 is 29.0 Å². The Kier molecular flexibility index (Phi) is 10.0. The number of allylic oxidation sites excluding steroid dienone is 2. The van der Waals surface area contributed by atoms with E-state index >= 15 is 0 Å². The van der Waals surface area contributed by atoms with E-state index in [1.165, 1.54) is 32.4 Å². The summed E-state index contributed by atoms with van der Waals surface area (Å²) >= 11 is 0. The summed E-state index contributed by atoms with van der Waals surface area (Å²) in [7, 11) is 2.94. The summed E-state index contributed by atoms with van der Waals surface area (Å²) in [5.41, 5.74) is 1.16. The molecule has 2 unspecified atom stereocenters. The first-order valence-corrected chi connectivity index (χ1v) is 10.7. The average molecular weight is 484 g/mol. The van der Waals surface area contributed by atoms with Crippen LogP contribution in [0.3, 0.4) is 0 Å². The normalized spacial score (nSPS) is 17.9. The van der Waals surface area contributed by atoms with Crippen LogP contribution < -0.4 is 10.1 Å². The van der Waals surface area contributed by atoms with Crippen molar-refractivity contribution in [2.24, 2.45) is 0 Å². The Morgan fingerprint density at radius 1 is 0.912 bits per heavy atom. The number of halogens is 2. The zero-order valence-electron chi connectivity index (χ0n) is 20.1. The van der Waals surface area contributed by atoms with Gasteiger partial charge in [0.1, 0.15) is 18.0 Å². The molecular weight excluding hydrogens is 452 g/mol. The van der Waals surface area contributed by atoms with E-state index in [2.05, 4.69) is 5.32 Å². The molecule has 0 radical (unpaired) electrons. The largest absolute Gasteiger partial charge is 0.457 e. The van der Waals surface area contributed by atoms with Crippen molar-refractivity contribution in [2.75, 3.05) is 27.4 Å². The van der Waals surface area contributed by atoms with Crippen LogP contribution in [0.1, 0.15) is 39.2 Å². The summed E-state index contributed by atoms with van der Waals surface area (Å²) in [6.07, 6.45) is -1.18. The van der Waals surface area contributed by atoms with Crippen LogP contribution in [-0.4, -0.2) is 58.2 Å². The molecule has 0 bridgehead atoms. The number of ether oxygens (including phenoxy) is 5. The van der Waals surface area contributed by atoms with Crippen LogP contribution in [0.5, 0.6) is 5.75 Å². The number of alkyl halides is 2. The zero-order valence-corrected chi connectivity index (χ0v) is 20.1. The number of carbonyl (C=O) groups is 2. The van der Waals surface area contributed by atoms with Crippen LogP contribution in [0.4, 0.5) is 8.78 Å². The molecular formula is C24H31F2NO7. The van der Waals surface area contributed by atoms with Gasteiger partial charge in [0.25, 0.3) is 0 Å². The van der Waals surface area contributed by atoms with Crippen LogP contribution >= 0.6 is 0 Å². The van der Waals surface area contributed by atoms with E-state index in [0.29, 0.717) is 11.4 Å². The SMILES string of the molecule is COCC(C)OC(=O)C1=C(C)NC(C)=C(C(=O)OC(C)COC)C1c1ccccc1OC(F)F. The third kappa shape index (κ3) is 6.77. The molecule has 8 nitrogen and oxygen atoms in total. The lowest BCUT2D eigenvalue weighted by Crippen LogP contribution is -2.35. The molecule has 1 aromatic rings. The molecule has 1 aliphatic rings. The summed E-state index contributed by atoms with van der Waals surface area (Å²) < 4.78 is 52.2. The van der Waals surface area contributed by atoms with Gasteiger partial charge >= 0.3 is 18.6 Å². The summed E-state index contributed by atoms with van der Waals surface area (Å²) in [5, 5.41) is 3.02. The second-order valence-electron chi connectivity index (χ2n) is 7.89. The van der Waals surface area contributed by atoms with Crippen LogP contribution in [0.15, 0.2) is 46.8 Å². The summed E-state index contributed by atoms with van der Waals surface area (Å²) in [4.78, 5) is 26.5. The molecule has 1 aromatic carbocycles. The van der Waals surface area contributed by atoms with Gasteiger partial charge in [0.15, 0.2) is 0 Å². The lowest BCUT2D eigenvalue weighted by atomic mass is 9.80. The summed E-state index contributed by atoms with van der Waals surface area (Å²) in [6, 6.07) is 5.99. The van der Waals surface area contributed by atoms with Gasteiger partial charge in [-0.1, -0.05) is 18.2 Å². The Labute approximate surface area is 197 Å². The first-order valence-electron chi connectivity index (χ1n) is 10.7. The lowest BCUT2D eigenvalue weighted by Gasteiger charge is -2.32. The lowest BCUT2D eigenvalue weighted by molar-refractivity contribution is -0.146. The fourth-order valence-electron chi connectivity index (χ4n) is 3.80. The van der Waals surface area contributed by atoms with Gasteiger partial charge in [-0.25, -0.2) is 9.59 Å². The van der Waals surface area contributed by atoms with E-state index < -0.39 is 36.7 Å². The Morgan fingerprint density at radius 3 is 1.82 bits per heavy atom. The minimum atomic E-state index is -3.10. The maximum atomic E-state index is 13.3. The van der Waals surface area contributed by atoms with E-state index in [4.69, 9.17) is 23.7 Å². The fraction of sp³-hybridized carbons (Fsp3) is 0.500. The second-order valence-corrected chi connectivity index (χ2v) is 7.89. The predicted molar refractivity (Wildman–Crippen MR) is 119 cm³/mol. The first kappa shape index (κ1) is 27.3. The Morgan fingerprint density at radius 2 is 1.38 bits per heavy atom. The monoisotopic (exact) mass is 483 g/mol. The number of para-hydroxylation sites is 1. The number of carbonyl (C=O) groups excluding carboxylic acids is 2. The number of esters is 2. The molecule has 1 aliphatic heterocycles. The highest BCUT2D eigenvalue weighted by Gasteiger charge is 2.40. The number of hydrogen-bond acceptors (Lipinski definition) is 8. The number of nitrogens with one attached hydrogen (secondary N) is 1. The molecule has 0 amide bonds. The Balaban J connectivity index is 2.63. The zero-order chi connectivity index (χ0) is 25.4. The van der Waals surface area contributed by atoms with E-state index in [1.54, 1.807) is 33.8 Å². The molecule has 0 aromatic heterocycles. The Hall–Kier alpha value is -2.98. The van der Waals surface area contributed by atoms with Crippen molar-refractivity contribution >= 4 is 11.9 Å². The van der Waals surface area contributed by atoms with Gasteiger partial charge in [-0.05, 0) is 33.8 Å². The molecule has 0 saturated heterocycles. The molecule has 1 N–H and O–H groups in total. The van der Waals surface area contributed by atoms with Gasteiger partial charge in [-0.2, -0.15) is 8.78 Å². The minimum Gasteiger partial charge on any atom is -0.457 e. The van der Waals surface area contributed by atoms with Crippen molar-refractivity contribution in [1.29, 1.82) is 0 Å². The molecule has 2 rings (SSSR count). The maximum absolute atomic E-state index is 13.3. The standard InChI is InChI=1S/C24H31F2NO7/c1-13(11-30-5)32-22(28)19-15(3)27-16(4)20(23(29)33-14(2)12-31-6)21(19)17-9-7-8-10-18(17)34-24(25)26/h7-10,13-14,21,24,27H,11-12H2,1-6H3. The minimum absolute atomic E-state index is 0.0743. The van der Waals surface area contributed by atoms with Gasteiger partial charge in [0, 0.05) is 31.2 Å². The van der Waals surface area contributed by atoms with Gasteiger partial charge in [-0.15, -0.1) is 0 Å².